The molecule has 0 radical (unpaired) electrons. The van der Waals surface area contributed by atoms with Crippen molar-refractivity contribution in [2.24, 2.45) is 23.7 Å². The molecule has 0 amide bonds. The molecule has 1 N–H and O–H groups in total. The van der Waals surface area contributed by atoms with Crippen LogP contribution in [0.15, 0.2) is 0 Å². The number of hydrogen-bond donors (Lipinski definition) is 1. The molecule has 1 aliphatic carbocycles. The van der Waals surface area contributed by atoms with E-state index in [0.29, 0.717) is 12.3 Å². The second kappa shape index (κ2) is 6.12. The lowest BCUT2D eigenvalue weighted by atomic mass is 9.97. The number of carbonyl (C=O) groups is 2. The predicted molar refractivity (Wildman–Crippen MR) is 73.7 cm³/mol. The van der Waals surface area contributed by atoms with Gasteiger partial charge in [0.15, 0.2) is 0 Å². The van der Waals surface area contributed by atoms with E-state index in [4.69, 9.17) is 9.47 Å². The highest BCUT2D eigenvalue weighted by molar-refractivity contribution is 5.76. The fraction of sp³-hybridized carbons (Fsp3) is 0.867. The van der Waals surface area contributed by atoms with Crippen LogP contribution in [0, 0.1) is 23.7 Å². The number of ether oxygens (including phenoxy) is 2. The molecule has 5 nitrogen and oxygen atoms in total. The van der Waals surface area contributed by atoms with Crippen molar-refractivity contribution in [2.45, 2.75) is 52.4 Å². The summed E-state index contributed by atoms with van der Waals surface area (Å²) in [6.45, 7) is 5.98. The number of hydrogen-bond acceptors (Lipinski definition) is 5. The van der Waals surface area contributed by atoms with Crippen LogP contribution >= 0.6 is 0 Å². The molecule has 114 valence electrons. The van der Waals surface area contributed by atoms with Gasteiger partial charge in [0.2, 0.25) is 6.29 Å². The molecular weight excluding hydrogens is 258 g/mol. The lowest BCUT2D eigenvalue weighted by molar-refractivity contribution is -0.209. The molecule has 20 heavy (non-hydrogen) atoms. The Labute approximate surface area is 120 Å². The molecule has 5 heteroatoms. The van der Waals surface area contributed by atoms with Crippen molar-refractivity contribution in [1.29, 1.82) is 0 Å². The van der Waals surface area contributed by atoms with Crippen molar-refractivity contribution < 1.29 is 19.1 Å². The van der Waals surface area contributed by atoms with E-state index in [-0.39, 0.29) is 35.7 Å². The first-order valence-electron chi connectivity index (χ1n) is 7.56. The summed E-state index contributed by atoms with van der Waals surface area (Å²) >= 11 is 0. The van der Waals surface area contributed by atoms with E-state index >= 15 is 0 Å². The maximum Gasteiger partial charge on any atom is 0.313 e. The van der Waals surface area contributed by atoms with E-state index in [1.54, 1.807) is 0 Å². The summed E-state index contributed by atoms with van der Waals surface area (Å²) in [4.78, 5) is 24.1. The van der Waals surface area contributed by atoms with Gasteiger partial charge >= 0.3 is 11.9 Å². The lowest BCUT2D eigenvalue weighted by Gasteiger charge is -2.30. The number of carbonyl (C=O) groups excluding carboxylic acids is 2. The van der Waals surface area contributed by atoms with Gasteiger partial charge in [0.1, 0.15) is 0 Å². The van der Waals surface area contributed by atoms with Crippen LogP contribution in [0.5, 0.6) is 0 Å². The standard InChI is InChI=1S/C15H25NO4/c1-5-11(9(3)16-4)13(17)19-15-10-6-8(2)12(7-10)14(18)20-15/h8-12,15-16H,5-7H2,1-4H3. The Balaban J connectivity index is 1.99. The first kappa shape index (κ1) is 15.3. The number of fused-ring (bicyclic) bond motifs is 2. The summed E-state index contributed by atoms with van der Waals surface area (Å²) in [5, 5.41) is 3.07. The lowest BCUT2D eigenvalue weighted by Crippen LogP contribution is -2.41. The molecule has 0 aromatic rings. The summed E-state index contributed by atoms with van der Waals surface area (Å²) in [5.74, 6) is -0.208. The second-order valence-corrected chi connectivity index (χ2v) is 6.15. The van der Waals surface area contributed by atoms with E-state index in [9.17, 15) is 9.59 Å². The topological polar surface area (TPSA) is 64.6 Å². The SMILES string of the molecule is CCC(C(=O)OC1OC(=O)C2CC1CC2C)C(C)NC. The smallest absolute Gasteiger partial charge is 0.313 e. The molecule has 0 aromatic heterocycles. The Bertz CT molecular complexity index is 384. The monoisotopic (exact) mass is 283 g/mol. The first-order valence-corrected chi connectivity index (χ1v) is 7.56. The van der Waals surface area contributed by atoms with E-state index in [1.807, 2.05) is 20.9 Å². The van der Waals surface area contributed by atoms with E-state index in [1.165, 1.54) is 0 Å². The Hall–Kier alpha value is -1.10. The number of esters is 2. The Morgan fingerprint density at radius 3 is 2.80 bits per heavy atom. The number of cyclic esters (lactones) is 1. The molecule has 2 rings (SSSR count). The van der Waals surface area contributed by atoms with Gasteiger partial charge < -0.3 is 14.8 Å². The van der Waals surface area contributed by atoms with Gasteiger partial charge in [-0.25, -0.2) is 0 Å². The van der Waals surface area contributed by atoms with Gasteiger partial charge in [-0.3, -0.25) is 9.59 Å². The van der Waals surface area contributed by atoms with Crippen LogP contribution in [0.25, 0.3) is 0 Å². The van der Waals surface area contributed by atoms with Crippen LogP contribution in [0.3, 0.4) is 0 Å². The average molecular weight is 283 g/mol. The van der Waals surface area contributed by atoms with Crippen LogP contribution in [0.2, 0.25) is 0 Å². The van der Waals surface area contributed by atoms with Gasteiger partial charge in [0.05, 0.1) is 11.8 Å². The molecule has 1 saturated heterocycles. The zero-order valence-corrected chi connectivity index (χ0v) is 12.7. The van der Waals surface area contributed by atoms with Gasteiger partial charge in [0.25, 0.3) is 0 Å². The molecule has 1 heterocycles. The first-order chi connectivity index (χ1) is 9.47. The molecule has 0 spiro atoms. The summed E-state index contributed by atoms with van der Waals surface area (Å²) in [6, 6.07) is 0.0436. The Kier molecular flexibility index (Phi) is 4.68. The largest absolute Gasteiger partial charge is 0.425 e. The third-order valence-corrected chi connectivity index (χ3v) is 4.87. The van der Waals surface area contributed by atoms with Crippen molar-refractivity contribution in [2.75, 3.05) is 7.05 Å². The van der Waals surface area contributed by atoms with Crippen molar-refractivity contribution >= 4 is 11.9 Å². The minimum atomic E-state index is -0.686. The van der Waals surface area contributed by atoms with Crippen LogP contribution < -0.4 is 5.32 Å². The molecule has 2 bridgehead atoms. The third-order valence-electron chi connectivity index (χ3n) is 4.87. The quantitative estimate of drug-likeness (QED) is 0.778. The highest BCUT2D eigenvalue weighted by Gasteiger charge is 2.48. The number of nitrogens with one attached hydrogen (secondary N) is 1. The zero-order chi connectivity index (χ0) is 14.9. The van der Waals surface area contributed by atoms with Crippen LogP contribution in [0.1, 0.15) is 40.0 Å². The van der Waals surface area contributed by atoms with Gasteiger partial charge in [0, 0.05) is 12.0 Å². The molecule has 2 aliphatic rings. The molecular formula is C15H25NO4. The Morgan fingerprint density at radius 2 is 2.20 bits per heavy atom. The molecule has 6 atom stereocenters. The van der Waals surface area contributed by atoms with Crippen molar-refractivity contribution in [3.63, 3.8) is 0 Å². The van der Waals surface area contributed by atoms with Crippen LogP contribution in [-0.4, -0.2) is 31.3 Å². The molecule has 2 fully saturated rings. The highest BCUT2D eigenvalue weighted by Crippen LogP contribution is 2.44. The maximum absolute atomic E-state index is 12.3. The van der Waals surface area contributed by atoms with Crippen molar-refractivity contribution in [3.8, 4) is 0 Å². The van der Waals surface area contributed by atoms with Crippen molar-refractivity contribution in [1.82, 2.24) is 5.32 Å². The molecule has 6 unspecified atom stereocenters. The van der Waals surface area contributed by atoms with E-state index in [2.05, 4.69) is 12.2 Å². The fourth-order valence-corrected chi connectivity index (χ4v) is 3.39. The minimum Gasteiger partial charge on any atom is -0.425 e. The van der Waals surface area contributed by atoms with Crippen LogP contribution in [0.4, 0.5) is 0 Å². The molecule has 0 aromatic carbocycles. The number of rotatable bonds is 5. The van der Waals surface area contributed by atoms with Gasteiger partial charge in [-0.2, -0.15) is 0 Å². The third kappa shape index (κ3) is 2.82. The fourth-order valence-electron chi connectivity index (χ4n) is 3.39. The summed E-state index contributed by atoms with van der Waals surface area (Å²) in [5.41, 5.74) is 0. The summed E-state index contributed by atoms with van der Waals surface area (Å²) in [7, 11) is 1.82. The summed E-state index contributed by atoms with van der Waals surface area (Å²) < 4.78 is 10.8. The Morgan fingerprint density at radius 1 is 1.50 bits per heavy atom. The van der Waals surface area contributed by atoms with Gasteiger partial charge in [-0.15, -0.1) is 0 Å². The van der Waals surface area contributed by atoms with E-state index in [0.717, 1.165) is 12.8 Å². The highest BCUT2D eigenvalue weighted by atomic mass is 16.7. The summed E-state index contributed by atoms with van der Waals surface area (Å²) in [6.07, 6.45) is 1.70. The van der Waals surface area contributed by atoms with E-state index < -0.39 is 6.29 Å². The predicted octanol–water partition coefficient (Wildman–Crippen LogP) is 1.71. The van der Waals surface area contributed by atoms with Gasteiger partial charge in [-0.05, 0) is 39.2 Å². The maximum atomic E-state index is 12.3. The van der Waals surface area contributed by atoms with Crippen LogP contribution in [-0.2, 0) is 19.1 Å². The zero-order valence-electron chi connectivity index (χ0n) is 12.7. The molecule has 1 saturated carbocycles. The average Bonchev–Trinajstić information content (AvgIpc) is 2.75. The minimum absolute atomic E-state index is 0.00634. The second-order valence-electron chi connectivity index (χ2n) is 6.15. The molecule has 1 aliphatic heterocycles. The van der Waals surface area contributed by atoms with Crippen molar-refractivity contribution in [3.05, 3.63) is 0 Å². The van der Waals surface area contributed by atoms with Gasteiger partial charge in [-0.1, -0.05) is 13.8 Å². The normalized spacial score (nSPS) is 35.3.